The summed E-state index contributed by atoms with van der Waals surface area (Å²) in [5.74, 6) is -1.16. The van der Waals surface area contributed by atoms with E-state index in [-0.39, 0.29) is 6.54 Å². The Hall–Kier alpha value is -3.27. The molecule has 1 saturated heterocycles. The Kier molecular flexibility index (Phi) is 5.99. The number of nitrogens with zero attached hydrogens (tertiary/aromatic N) is 4. The molecule has 31 heavy (non-hydrogen) atoms. The maximum atomic E-state index is 12.6. The van der Waals surface area contributed by atoms with E-state index in [1.807, 2.05) is 36.1 Å². The van der Waals surface area contributed by atoms with Crippen molar-refractivity contribution in [3.63, 3.8) is 0 Å². The van der Waals surface area contributed by atoms with Gasteiger partial charge in [-0.05, 0) is 60.2 Å². The minimum Gasteiger partial charge on any atom is -0.494 e. The van der Waals surface area contributed by atoms with E-state index in [1.165, 1.54) is 4.90 Å². The molecule has 0 spiro atoms. The summed E-state index contributed by atoms with van der Waals surface area (Å²) < 4.78 is 7.30. The highest BCUT2D eigenvalue weighted by Crippen LogP contribution is 2.28. The van der Waals surface area contributed by atoms with Crippen molar-refractivity contribution < 1.29 is 23.8 Å². The Balaban J connectivity index is 1.52. The van der Waals surface area contributed by atoms with Crippen molar-refractivity contribution in [3.8, 4) is 5.75 Å². The molecule has 1 unspecified atom stereocenters. The highest BCUT2D eigenvalue weighted by molar-refractivity contribution is 9.10. The summed E-state index contributed by atoms with van der Waals surface area (Å²) in [5, 5.41) is 7.11. The van der Waals surface area contributed by atoms with Gasteiger partial charge in [0, 0.05) is 34.1 Å². The zero-order valence-electron chi connectivity index (χ0n) is 16.8. The molecule has 3 amide bonds. The molecule has 0 saturated carbocycles. The van der Waals surface area contributed by atoms with Crippen LogP contribution >= 0.6 is 15.9 Å². The zero-order valence-corrected chi connectivity index (χ0v) is 18.4. The zero-order chi connectivity index (χ0) is 22.0. The minimum atomic E-state index is -0.809. The van der Waals surface area contributed by atoms with Crippen LogP contribution in [0, 0.1) is 0 Å². The lowest BCUT2D eigenvalue weighted by Crippen LogP contribution is -2.52. The SMILES string of the molecule is CCOc1ccc(N2CCN3C(=O)C(=O)[N+](CC(=O)Nc4ccc(Br)cc4)=NC32)cc1. The van der Waals surface area contributed by atoms with Crippen LogP contribution in [0.1, 0.15) is 6.92 Å². The molecule has 2 aromatic carbocycles. The summed E-state index contributed by atoms with van der Waals surface area (Å²) in [6.45, 7) is 3.05. The second-order valence-corrected chi connectivity index (χ2v) is 7.91. The van der Waals surface area contributed by atoms with E-state index in [9.17, 15) is 14.4 Å². The van der Waals surface area contributed by atoms with Gasteiger partial charge in [0.05, 0.1) is 6.61 Å². The fraction of sp³-hybridized carbons (Fsp3) is 0.286. The number of anilines is 2. The lowest BCUT2D eigenvalue weighted by molar-refractivity contribution is -0.509. The van der Waals surface area contributed by atoms with Gasteiger partial charge in [0.2, 0.25) is 0 Å². The minimum absolute atomic E-state index is 0.345. The Labute approximate surface area is 187 Å². The van der Waals surface area contributed by atoms with E-state index >= 15 is 0 Å². The van der Waals surface area contributed by atoms with E-state index < -0.39 is 24.0 Å². The Morgan fingerprint density at radius 1 is 1.13 bits per heavy atom. The van der Waals surface area contributed by atoms with Crippen molar-refractivity contribution >= 4 is 45.0 Å². The molecule has 160 valence electrons. The van der Waals surface area contributed by atoms with Crippen molar-refractivity contribution in [3.05, 3.63) is 53.0 Å². The number of benzene rings is 2. The Morgan fingerprint density at radius 2 is 1.81 bits per heavy atom. The molecule has 2 heterocycles. The molecule has 0 bridgehead atoms. The summed E-state index contributed by atoms with van der Waals surface area (Å²) in [7, 11) is 0. The standard InChI is InChI=1S/C21H20BrN5O4/c1-2-31-17-9-7-16(8-10-17)25-11-12-26-19(29)20(30)27(24-21(25)26)13-18(28)23-15-5-3-14(22)4-6-15/h3-10,21H,2,11-13H2,1H3/p+1. The summed E-state index contributed by atoms with van der Waals surface area (Å²) in [6, 6.07) is 14.5. The third-order valence-electron chi connectivity index (χ3n) is 4.96. The second kappa shape index (κ2) is 8.84. The van der Waals surface area contributed by atoms with Gasteiger partial charge in [0.15, 0.2) is 0 Å². The van der Waals surface area contributed by atoms with E-state index in [1.54, 1.807) is 24.3 Å². The molecule has 0 radical (unpaired) electrons. The summed E-state index contributed by atoms with van der Waals surface area (Å²) in [6.07, 6.45) is -0.677. The molecule has 0 aliphatic carbocycles. The summed E-state index contributed by atoms with van der Waals surface area (Å²) in [4.78, 5) is 40.8. The van der Waals surface area contributed by atoms with Gasteiger partial charge in [-0.2, -0.15) is 0 Å². The number of nitrogens with one attached hydrogen (secondary N) is 1. The molecule has 2 aliphatic rings. The predicted octanol–water partition coefficient (Wildman–Crippen LogP) is 2.42. The lowest BCUT2D eigenvalue weighted by atomic mass is 10.3. The molecule has 2 aliphatic heterocycles. The van der Waals surface area contributed by atoms with E-state index in [2.05, 4.69) is 26.4 Å². The second-order valence-electron chi connectivity index (χ2n) is 7.00. The average molecular weight is 487 g/mol. The molecular formula is C21H21BrN5O4+. The van der Waals surface area contributed by atoms with Crippen molar-refractivity contribution in [1.29, 1.82) is 0 Å². The predicted molar refractivity (Wildman–Crippen MR) is 116 cm³/mol. The number of carbonyl (C=O) groups is 3. The highest BCUT2D eigenvalue weighted by atomic mass is 79.9. The number of azo groups is 2. The van der Waals surface area contributed by atoms with Crippen LogP contribution in [0.25, 0.3) is 0 Å². The highest BCUT2D eigenvalue weighted by Gasteiger charge is 2.49. The van der Waals surface area contributed by atoms with Gasteiger partial charge < -0.3 is 15.0 Å². The fourth-order valence-corrected chi connectivity index (χ4v) is 3.77. The summed E-state index contributed by atoms with van der Waals surface area (Å²) in [5.41, 5.74) is 1.43. The maximum Gasteiger partial charge on any atom is 0.502 e. The van der Waals surface area contributed by atoms with Gasteiger partial charge in [-0.1, -0.05) is 15.9 Å². The van der Waals surface area contributed by atoms with Crippen LogP contribution in [0.2, 0.25) is 0 Å². The number of carbonyl (C=O) groups excluding carboxylic acids is 3. The van der Waals surface area contributed by atoms with Crippen LogP contribution in [-0.4, -0.2) is 59.8 Å². The van der Waals surface area contributed by atoms with Crippen molar-refractivity contribution in [1.82, 2.24) is 4.90 Å². The first-order chi connectivity index (χ1) is 15.0. The maximum absolute atomic E-state index is 12.6. The molecule has 1 fully saturated rings. The van der Waals surface area contributed by atoms with Crippen LogP contribution in [0.5, 0.6) is 5.75 Å². The van der Waals surface area contributed by atoms with Crippen molar-refractivity contribution in [2.45, 2.75) is 13.2 Å². The van der Waals surface area contributed by atoms with Gasteiger partial charge in [-0.15, -0.1) is 0 Å². The monoisotopic (exact) mass is 486 g/mol. The van der Waals surface area contributed by atoms with Crippen LogP contribution < -0.4 is 15.0 Å². The fourth-order valence-electron chi connectivity index (χ4n) is 3.50. The third kappa shape index (κ3) is 4.43. The van der Waals surface area contributed by atoms with Crippen LogP contribution in [0.3, 0.4) is 0 Å². The number of hydrogen-bond donors (Lipinski definition) is 1. The Bertz CT molecular complexity index is 1040. The number of hydrogen-bond acceptors (Lipinski definition) is 6. The Morgan fingerprint density at radius 3 is 2.48 bits per heavy atom. The smallest absolute Gasteiger partial charge is 0.494 e. The molecule has 4 rings (SSSR count). The first-order valence-electron chi connectivity index (χ1n) is 9.84. The quantitative estimate of drug-likeness (QED) is 0.499. The first-order valence-corrected chi connectivity index (χ1v) is 10.6. The third-order valence-corrected chi connectivity index (χ3v) is 5.49. The van der Waals surface area contributed by atoms with Gasteiger partial charge >= 0.3 is 11.8 Å². The van der Waals surface area contributed by atoms with E-state index in [0.717, 1.165) is 20.6 Å². The number of fused-ring (bicyclic) bond motifs is 1. The van der Waals surface area contributed by atoms with Crippen LogP contribution in [-0.2, 0) is 14.4 Å². The average Bonchev–Trinajstić information content (AvgIpc) is 3.18. The molecule has 2 aromatic rings. The molecule has 1 atom stereocenters. The lowest BCUT2D eigenvalue weighted by Gasteiger charge is -2.27. The largest absolute Gasteiger partial charge is 0.502 e. The normalized spacial score (nSPS) is 18.0. The van der Waals surface area contributed by atoms with Gasteiger partial charge in [0.25, 0.3) is 18.7 Å². The number of halogens is 1. The molecular weight excluding hydrogens is 466 g/mol. The summed E-state index contributed by atoms with van der Waals surface area (Å²) >= 11 is 3.33. The molecule has 0 aromatic heterocycles. The molecule has 9 nitrogen and oxygen atoms in total. The van der Waals surface area contributed by atoms with Crippen LogP contribution in [0.15, 0.2) is 58.1 Å². The van der Waals surface area contributed by atoms with Crippen molar-refractivity contribution in [2.75, 3.05) is 36.5 Å². The topological polar surface area (TPSA) is 94.3 Å². The van der Waals surface area contributed by atoms with Gasteiger partial charge in [-0.25, -0.2) is 4.79 Å². The number of rotatable bonds is 6. The first kappa shape index (κ1) is 21.0. The van der Waals surface area contributed by atoms with E-state index in [4.69, 9.17) is 4.74 Å². The number of amides is 3. The van der Waals surface area contributed by atoms with E-state index in [0.29, 0.717) is 25.4 Å². The van der Waals surface area contributed by atoms with Crippen LogP contribution in [0.4, 0.5) is 11.4 Å². The van der Waals surface area contributed by atoms with Gasteiger partial charge in [0.1, 0.15) is 5.75 Å². The molecule has 1 N–H and O–H groups in total. The van der Waals surface area contributed by atoms with Crippen molar-refractivity contribution in [2.24, 2.45) is 5.11 Å². The molecule has 10 heteroatoms. The van der Waals surface area contributed by atoms with Gasteiger partial charge in [-0.3, -0.25) is 14.5 Å². The number of ether oxygens (including phenoxy) is 1.